The van der Waals surface area contributed by atoms with E-state index in [1.54, 1.807) is 11.8 Å². The van der Waals surface area contributed by atoms with Gasteiger partial charge in [0.15, 0.2) is 0 Å². The Bertz CT molecular complexity index is 1250. The van der Waals surface area contributed by atoms with Crippen molar-refractivity contribution in [2.45, 2.75) is 95.7 Å². The van der Waals surface area contributed by atoms with Crippen LogP contribution in [0.25, 0.3) is 0 Å². The van der Waals surface area contributed by atoms with Gasteiger partial charge in [-0.25, -0.2) is 0 Å². The third kappa shape index (κ3) is 11.0. The summed E-state index contributed by atoms with van der Waals surface area (Å²) in [4.78, 5) is 40.7. The molecule has 1 saturated heterocycles. The van der Waals surface area contributed by atoms with Crippen LogP contribution in [0.2, 0.25) is 5.02 Å². The lowest BCUT2D eigenvalue weighted by Gasteiger charge is -2.34. The Morgan fingerprint density at radius 3 is 2.36 bits per heavy atom. The molecule has 4 atom stereocenters. The third-order valence-electron chi connectivity index (χ3n) is 9.14. The number of piperidine rings is 1. The average Bonchev–Trinajstić information content (AvgIpc) is 3.03. The molecule has 0 spiro atoms. The van der Waals surface area contributed by atoms with Crippen molar-refractivity contribution in [1.82, 2.24) is 21.3 Å². The normalized spacial score (nSPS) is 20.3. The van der Waals surface area contributed by atoms with Crippen LogP contribution in [0.15, 0.2) is 48.5 Å². The molecule has 0 radical (unpaired) electrons. The van der Waals surface area contributed by atoms with E-state index in [4.69, 9.17) is 11.6 Å². The molecular weight excluding hydrogens is 604 g/mol. The molecule has 2 aliphatic rings. The first kappa shape index (κ1) is 35.3. The molecule has 3 amide bonds. The van der Waals surface area contributed by atoms with Gasteiger partial charge in [-0.3, -0.25) is 14.4 Å². The number of hydrogen-bond donors (Lipinski definition) is 4. The highest BCUT2D eigenvalue weighted by Crippen LogP contribution is 2.34. The summed E-state index contributed by atoms with van der Waals surface area (Å²) in [5, 5.41) is 13.4. The minimum atomic E-state index is -0.740. The van der Waals surface area contributed by atoms with Crippen LogP contribution in [0.3, 0.4) is 0 Å². The number of rotatable bonds is 14. The maximum atomic E-state index is 13.7. The number of halogens is 1. The van der Waals surface area contributed by atoms with E-state index in [1.165, 1.54) is 18.4 Å². The van der Waals surface area contributed by atoms with Gasteiger partial charge in [-0.15, -0.1) is 0 Å². The molecule has 1 aliphatic carbocycles. The first-order valence-corrected chi connectivity index (χ1v) is 18.5. The smallest absolute Gasteiger partial charge is 0.251 e. The molecule has 7 nitrogen and oxygen atoms in total. The second-order valence-electron chi connectivity index (χ2n) is 13.2. The number of thioether (sulfide) groups is 1. The van der Waals surface area contributed by atoms with E-state index in [1.807, 2.05) is 62.6 Å². The fourth-order valence-electron chi connectivity index (χ4n) is 6.66. The molecule has 1 saturated carbocycles. The summed E-state index contributed by atoms with van der Waals surface area (Å²) in [6.07, 6.45) is 10.3. The van der Waals surface area contributed by atoms with Crippen molar-refractivity contribution in [3.63, 3.8) is 0 Å². The Balaban J connectivity index is 1.40. The zero-order valence-corrected chi connectivity index (χ0v) is 28.7. The average molecular weight is 655 g/mol. The van der Waals surface area contributed by atoms with Gasteiger partial charge in [0, 0.05) is 22.5 Å². The summed E-state index contributed by atoms with van der Waals surface area (Å²) in [5.41, 5.74) is 2.90. The van der Waals surface area contributed by atoms with Crippen molar-refractivity contribution in [2.75, 3.05) is 25.1 Å². The monoisotopic (exact) mass is 654 g/mol. The van der Waals surface area contributed by atoms with Gasteiger partial charge in [0.1, 0.15) is 12.1 Å². The zero-order valence-electron chi connectivity index (χ0n) is 27.1. The predicted octanol–water partition coefficient (Wildman–Crippen LogP) is 6.11. The highest BCUT2D eigenvalue weighted by atomic mass is 35.5. The van der Waals surface area contributed by atoms with Crippen LogP contribution in [0.1, 0.15) is 92.6 Å². The molecular formula is C36H51ClN4O3S. The summed E-state index contributed by atoms with van der Waals surface area (Å²) in [7, 11) is 0. The fourth-order valence-corrected chi connectivity index (χ4v) is 7.33. The van der Waals surface area contributed by atoms with Crippen molar-refractivity contribution in [2.24, 2.45) is 11.8 Å². The molecule has 2 unspecified atom stereocenters. The first-order valence-electron chi connectivity index (χ1n) is 16.7. The second kappa shape index (κ2) is 18.0. The maximum absolute atomic E-state index is 13.7. The minimum Gasteiger partial charge on any atom is -0.351 e. The Labute approximate surface area is 278 Å². The highest BCUT2D eigenvalue weighted by molar-refractivity contribution is 7.98. The minimum absolute atomic E-state index is 0.0268. The molecule has 1 heterocycles. The fraction of sp³-hybridized carbons (Fsp3) is 0.583. The number of carbonyl (C=O) groups excluding carboxylic acids is 3. The topological polar surface area (TPSA) is 99.3 Å². The van der Waals surface area contributed by atoms with Gasteiger partial charge in [0.2, 0.25) is 11.8 Å². The predicted molar refractivity (Wildman–Crippen MR) is 186 cm³/mol. The molecule has 2 aromatic carbocycles. The Hall–Kier alpha value is -2.55. The van der Waals surface area contributed by atoms with Crippen molar-refractivity contribution >= 4 is 41.1 Å². The Kier molecular flexibility index (Phi) is 14.1. The summed E-state index contributed by atoms with van der Waals surface area (Å²) in [6, 6.07) is 14.2. The summed E-state index contributed by atoms with van der Waals surface area (Å²) >= 11 is 7.92. The molecule has 2 aromatic rings. The highest BCUT2D eigenvalue weighted by Gasteiger charge is 2.32. The largest absolute Gasteiger partial charge is 0.351 e. The van der Waals surface area contributed by atoms with Crippen LogP contribution in [0.5, 0.6) is 0 Å². The van der Waals surface area contributed by atoms with Crippen molar-refractivity contribution in [1.29, 1.82) is 0 Å². The van der Waals surface area contributed by atoms with Crippen LogP contribution in [0, 0.1) is 11.8 Å². The summed E-state index contributed by atoms with van der Waals surface area (Å²) in [5.74, 6) is 0.975. The molecule has 0 aromatic heterocycles. The Morgan fingerprint density at radius 1 is 0.933 bits per heavy atom. The quantitative estimate of drug-likeness (QED) is 0.197. The van der Waals surface area contributed by atoms with E-state index < -0.39 is 12.1 Å². The lowest BCUT2D eigenvalue weighted by molar-refractivity contribution is -0.130. The van der Waals surface area contributed by atoms with E-state index >= 15 is 0 Å². The zero-order chi connectivity index (χ0) is 32.2. The van der Waals surface area contributed by atoms with Crippen molar-refractivity contribution in [3.8, 4) is 0 Å². The number of amides is 3. The van der Waals surface area contributed by atoms with Gasteiger partial charge >= 0.3 is 0 Å². The van der Waals surface area contributed by atoms with Crippen LogP contribution in [-0.2, 0) is 16.0 Å². The van der Waals surface area contributed by atoms with E-state index in [0.717, 1.165) is 50.8 Å². The molecule has 0 bridgehead atoms. The van der Waals surface area contributed by atoms with Gasteiger partial charge in [0.25, 0.3) is 5.91 Å². The van der Waals surface area contributed by atoms with E-state index in [2.05, 4.69) is 27.3 Å². The molecule has 45 heavy (non-hydrogen) atoms. The van der Waals surface area contributed by atoms with Crippen LogP contribution < -0.4 is 21.3 Å². The summed E-state index contributed by atoms with van der Waals surface area (Å²) < 4.78 is 0. The number of hydrogen-bond acceptors (Lipinski definition) is 5. The third-order valence-corrected chi connectivity index (χ3v) is 10.0. The molecule has 4 N–H and O–H groups in total. The van der Waals surface area contributed by atoms with Crippen molar-refractivity contribution in [3.05, 3.63) is 70.2 Å². The standard InChI is InChI=1S/C36H51ClN4O3S/c1-24(2)21-33(36(44)39-31-10-5-4-9-30(31)28-7-6-8-29(37)23-28)41-35(43)32(17-20-45-3)40-34(42)27-13-11-25(12-14-27)22-26-15-18-38-19-16-26/h6-8,11-14,23-24,26,30-33,38H,4-5,9-10,15-22H2,1-3H3,(H,39,44)(H,40,42)(H,41,43)/t30-,31?,32?,33-/m0/s1. The van der Waals surface area contributed by atoms with Crippen LogP contribution in [-0.4, -0.2) is 60.9 Å². The molecule has 9 heteroatoms. The lowest BCUT2D eigenvalue weighted by Crippen LogP contribution is -2.56. The molecule has 4 rings (SSSR count). The Morgan fingerprint density at radius 2 is 1.67 bits per heavy atom. The lowest BCUT2D eigenvalue weighted by atomic mass is 9.80. The first-order chi connectivity index (χ1) is 21.7. The van der Waals surface area contributed by atoms with Crippen molar-refractivity contribution < 1.29 is 14.4 Å². The number of benzene rings is 2. The molecule has 246 valence electrons. The van der Waals surface area contributed by atoms with Gasteiger partial charge in [0.05, 0.1) is 0 Å². The van der Waals surface area contributed by atoms with E-state index in [9.17, 15) is 14.4 Å². The van der Waals surface area contributed by atoms with Gasteiger partial charge in [-0.2, -0.15) is 11.8 Å². The van der Waals surface area contributed by atoms with E-state index in [-0.39, 0.29) is 35.6 Å². The SMILES string of the molecule is CSCCC(NC(=O)c1ccc(CC2CCNCC2)cc1)C(=O)N[C@@H](CC(C)C)C(=O)NC1CCCC[C@H]1c1cccc(Cl)c1. The van der Waals surface area contributed by atoms with E-state index in [0.29, 0.717) is 35.1 Å². The van der Waals surface area contributed by atoms with Crippen LogP contribution >= 0.6 is 23.4 Å². The number of nitrogens with one attached hydrogen (secondary N) is 4. The second-order valence-corrected chi connectivity index (χ2v) is 14.6. The molecule has 1 aliphatic heterocycles. The molecule has 2 fully saturated rings. The summed E-state index contributed by atoms with van der Waals surface area (Å²) in [6.45, 7) is 6.22. The van der Waals surface area contributed by atoms with Crippen LogP contribution in [0.4, 0.5) is 0 Å². The van der Waals surface area contributed by atoms with Gasteiger partial charge in [-0.1, -0.05) is 62.6 Å². The van der Waals surface area contributed by atoms with Gasteiger partial charge < -0.3 is 21.3 Å². The van der Waals surface area contributed by atoms with Gasteiger partial charge in [-0.05, 0) is 117 Å². The maximum Gasteiger partial charge on any atom is 0.251 e. The number of carbonyl (C=O) groups is 3.